The Labute approximate surface area is 208 Å². The Morgan fingerprint density at radius 3 is 2.31 bits per heavy atom. The van der Waals surface area contributed by atoms with Crippen molar-refractivity contribution in [2.24, 2.45) is 5.73 Å². The van der Waals surface area contributed by atoms with Gasteiger partial charge in [-0.2, -0.15) is 0 Å². The largest absolute Gasteiger partial charge is 0.490 e. The van der Waals surface area contributed by atoms with E-state index in [9.17, 15) is 9.59 Å². The second kappa shape index (κ2) is 12.2. The Kier molecular flexibility index (Phi) is 8.76. The zero-order valence-electron chi connectivity index (χ0n) is 20.2. The number of hydrogen-bond donors (Lipinski definition) is 5. The van der Waals surface area contributed by atoms with Crippen molar-refractivity contribution in [2.45, 2.75) is 32.9 Å². The third-order valence-electron chi connectivity index (χ3n) is 4.85. The van der Waals surface area contributed by atoms with Gasteiger partial charge in [-0.15, -0.1) is 0 Å². The normalized spacial score (nSPS) is 11.3. The lowest BCUT2D eigenvalue weighted by atomic mass is 10.0. The fraction of sp³-hybridized carbons (Fsp3) is 0.240. The maximum absolute atomic E-state index is 13.2. The first-order valence-electron chi connectivity index (χ1n) is 11.3. The molecular formula is C25H29N7O4. The molecule has 1 atom stereocenters. The molecule has 1 aromatic heterocycles. The molecule has 2 aromatic carbocycles. The summed E-state index contributed by atoms with van der Waals surface area (Å²) in [7, 11) is 0. The quantitative estimate of drug-likeness (QED) is 0.164. The summed E-state index contributed by atoms with van der Waals surface area (Å²) in [6.45, 7) is 6.08. The van der Waals surface area contributed by atoms with Gasteiger partial charge < -0.3 is 20.5 Å². The van der Waals surface area contributed by atoms with Crippen molar-refractivity contribution >= 4 is 23.3 Å². The number of nitrogens with zero attached hydrogens (tertiary/aromatic N) is 2. The molecule has 188 valence electrons. The van der Waals surface area contributed by atoms with Gasteiger partial charge in [0.1, 0.15) is 18.2 Å². The van der Waals surface area contributed by atoms with E-state index in [0.29, 0.717) is 34.9 Å². The van der Waals surface area contributed by atoms with E-state index >= 15 is 0 Å². The van der Waals surface area contributed by atoms with Crippen molar-refractivity contribution in [1.29, 1.82) is 5.41 Å². The molecule has 11 heteroatoms. The van der Waals surface area contributed by atoms with E-state index in [2.05, 4.69) is 26.1 Å². The number of nitrogens with one attached hydrogen (secondary N) is 4. The van der Waals surface area contributed by atoms with Crippen molar-refractivity contribution in [1.82, 2.24) is 20.8 Å². The van der Waals surface area contributed by atoms with Gasteiger partial charge in [-0.3, -0.25) is 25.8 Å². The molecule has 0 bridgehead atoms. The Balaban J connectivity index is 1.88. The number of nitrogens with two attached hydrogens (primary N) is 1. The summed E-state index contributed by atoms with van der Waals surface area (Å²) < 4.78 is 11.6. The van der Waals surface area contributed by atoms with E-state index in [1.165, 1.54) is 18.7 Å². The van der Waals surface area contributed by atoms with Crippen LogP contribution in [0.3, 0.4) is 0 Å². The van der Waals surface area contributed by atoms with Crippen LogP contribution in [-0.4, -0.2) is 40.3 Å². The maximum Gasteiger partial charge on any atom is 0.272 e. The number of hydrazine groups is 1. The Morgan fingerprint density at radius 1 is 1.00 bits per heavy atom. The number of ether oxygens (including phenoxy) is 2. The fourth-order valence-corrected chi connectivity index (χ4v) is 3.22. The molecule has 0 spiro atoms. The van der Waals surface area contributed by atoms with Crippen LogP contribution in [0.5, 0.6) is 11.5 Å². The number of amides is 2. The van der Waals surface area contributed by atoms with Gasteiger partial charge >= 0.3 is 0 Å². The van der Waals surface area contributed by atoms with Crippen molar-refractivity contribution < 1.29 is 19.1 Å². The first-order chi connectivity index (χ1) is 17.3. The molecule has 36 heavy (non-hydrogen) atoms. The second-order valence-corrected chi connectivity index (χ2v) is 7.94. The molecule has 0 aliphatic heterocycles. The van der Waals surface area contributed by atoms with Crippen molar-refractivity contribution in [3.8, 4) is 11.5 Å². The Morgan fingerprint density at radius 2 is 1.69 bits per heavy atom. The summed E-state index contributed by atoms with van der Waals surface area (Å²) in [6, 6.07) is 11.0. The number of amidine groups is 1. The number of nitrogen functional groups attached to an aromatic ring is 1. The van der Waals surface area contributed by atoms with Crippen molar-refractivity contribution in [2.75, 3.05) is 11.9 Å². The molecule has 0 saturated carbocycles. The standard InChI is InChI=1S/C25H29N7O4/c1-4-35-21-11-17(7-10-20(21)36-15(2)3)22(30-19-8-5-16(6-9-19)23(26)27)25(34)32-31-24(33)18-12-28-14-29-13-18/h5-15,22,30H,4H2,1-3H3,(H3,26,27)(H,31,33)(H,32,34). The number of hydrogen-bond acceptors (Lipinski definition) is 8. The van der Waals surface area contributed by atoms with Crippen molar-refractivity contribution in [3.05, 3.63) is 77.9 Å². The molecule has 3 rings (SSSR count). The number of carbonyl (C=O) groups excluding carboxylic acids is 2. The summed E-state index contributed by atoms with van der Waals surface area (Å²) in [5, 5.41) is 10.7. The number of benzene rings is 2. The van der Waals surface area contributed by atoms with Crippen LogP contribution in [0.4, 0.5) is 5.69 Å². The summed E-state index contributed by atoms with van der Waals surface area (Å²) in [5.41, 5.74) is 12.3. The smallest absolute Gasteiger partial charge is 0.272 e. The molecule has 3 aromatic rings. The molecule has 1 unspecified atom stereocenters. The van der Waals surface area contributed by atoms with E-state index in [1.54, 1.807) is 42.5 Å². The first-order valence-corrected chi connectivity index (χ1v) is 11.3. The lowest BCUT2D eigenvalue weighted by Gasteiger charge is -2.22. The summed E-state index contributed by atoms with van der Waals surface area (Å²) >= 11 is 0. The third-order valence-corrected chi connectivity index (χ3v) is 4.85. The highest BCUT2D eigenvalue weighted by Crippen LogP contribution is 2.32. The Bertz CT molecular complexity index is 1200. The van der Waals surface area contributed by atoms with E-state index < -0.39 is 17.9 Å². The van der Waals surface area contributed by atoms with Gasteiger partial charge in [0.15, 0.2) is 11.5 Å². The van der Waals surface area contributed by atoms with Gasteiger partial charge in [-0.25, -0.2) is 9.97 Å². The second-order valence-electron chi connectivity index (χ2n) is 7.94. The lowest BCUT2D eigenvalue weighted by Crippen LogP contribution is -2.45. The van der Waals surface area contributed by atoms with Crippen LogP contribution in [0, 0.1) is 5.41 Å². The molecule has 0 radical (unpaired) electrons. The minimum atomic E-state index is -0.923. The first kappa shape index (κ1) is 25.9. The lowest BCUT2D eigenvalue weighted by molar-refractivity contribution is -0.122. The molecule has 0 aliphatic rings. The average molecular weight is 492 g/mol. The predicted molar refractivity (Wildman–Crippen MR) is 135 cm³/mol. The molecule has 0 aliphatic carbocycles. The molecule has 1 heterocycles. The zero-order valence-corrected chi connectivity index (χ0v) is 20.2. The van der Waals surface area contributed by atoms with Crippen LogP contribution in [0.2, 0.25) is 0 Å². The van der Waals surface area contributed by atoms with Gasteiger partial charge in [0.25, 0.3) is 11.8 Å². The summed E-state index contributed by atoms with van der Waals surface area (Å²) in [4.78, 5) is 33.2. The zero-order chi connectivity index (χ0) is 26.1. The van der Waals surface area contributed by atoms with E-state index in [4.69, 9.17) is 20.6 Å². The Hall–Kier alpha value is -4.67. The average Bonchev–Trinajstić information content (AvgIpc) is 2.87. The number of anilines is 1. The summed E-state index contributed by atoms with van der Waals surface area (Å²) in [5.74, 6) is -0.121. The molecule has 0 fully saturated rings. The molecule has 0 saturated heterocycles. The van der Waals surface area contributed by atoms with E-state index in [1.807, 2.05) is 20.8 Å². The van der Waals surface area contributed by atoms with Gasteiger partial charge in [-0.05, 0) is 62.7 Å². The number of rotatable bonds is 10. The third kappa shape index (κ3) is 6.92. The van der Waals surface area contributed by atoms with Gasteiger partial charge in [0, 0.05) is 23.6 Å². The highest BCUT2D eigenvalue weighted by molar-refractivity contribution is 5.96. The van der Waals surface area contributed by atoms with Crippen LogP contribution in [0.25, 0.3) is 0 Å². The van der Waals surface area contributed by atoms with Crippen LogP contribution < -0.4 is 31.4 Å². The van der Waals surface area contributed by atoms with Gasteiger partial charge in [0.2, 0.25) is 0 Å². The van der Waals surface area contributed by atoms with Gasteiger partial charge in [-0.1, -0.05) is 6.07 Å². The minimum absolute atomic E-state index is 0.0643. The highest BCUT2D eigenvalue weighted by Gasteiger charge is 2.23. The van der Waals surface area contributed by atoms with Crippen LogP contribution in [0.15, 0.2) is 61.2 Å². The van der Waals surface area contributed by atoms with Crippen LogP contribution >= 0.6 is 0 Å². The van der Waals surface area contributed by atoms with E-state index in [-0.39, 0.29) is 17.5 Å². The topological polar surface area (TPSA) is 164 Å². The monoisotopic (exact) mass is 491 g/mol. The van der Waals surface area contributed by atoms with Crippen molar-refractivity contribution in [3.63, 3.8) is 0 Å². The predicted octanol–water partition coefficient (Wildman–Crippen LogP) is 2.56. The van der Waals surface area contributed by atoms with Crippen LogP contribution in [-0.2, 0) is 4.79 Å². The number of carbonyl (C=O) groups is 2. The number of aromatic nitrogens is 2. The molecule has 11 nitrogen and oxygen atoms in total. The SMILES string of the molecule is CCOc1cc(C(Nc2ccc(C(=N)N)cc2)C(=O)NNC(=O)c2cncnc2)ccc1OC(C)C. The summed E-state index contributed by atoms with van der Waals surface area (Å²) in [6.07, 6.45) is 3.91. The van der Waals surface area contributed by atoms with Crippen LogP contribution in [0.1, 0.15) is 48.3 Å². The minimum Gasteiger partial charge on any atom is -0.490 e. The van der Waals surface area contributed by atoms with E-state index in [0.717, 1.165) is 0 Å². The molecule has 2 amide bonds. The van der Waals surface area contributed by atoms with Gasteiger partial charge in [0.05, 0.1) is 18.3 Å². The highest BCUT2D eigenvalue weighted by atomic mass is 16.5. The maximum atomic E-state index is 13.2. The fourth-order valence-electron chi connectivity index (χ4n) is 3.22. The molecule has 6 N–H and O–H groups in total. The molecular weight excluding hydrogens is 462 g/mol.